The van der Waals surface area contributed by atoms with E-state index in [0.717, 1.165) is 16.6 Å². The van der Waals surface area contributed by atoms with Crippen molar-refractivity contribution in [1.29, 1.82) is 0 Å². The third-order valence-corrected chi connectivity index (χ3v) is 5.68. The van der Waals surface area contributed by atoms with Gasteiger partial charge in [0.15, 0.2) is 0 Å². The monoisotopic (exact) mass is 430 g/mol. The number of H-pyrrole nitrogens is 1. The van der Waals surface area contributed by atoms with Crippen LogP contribution in [0.3, 0.4) is 0 Å². The van der Waals surface area contributed by atoms with Gasteiger partial charge >= 0.3 is 0 Å². The molecule has 1 atom stereocenters. The number of nitrogens with zero attached hydrogens (tertiary/aromatic N) is 2. The maximum atomic E-state index is 13.0. The first-order valence-electron chi connectivity index (χ1n) is 9.99. The average molecular weight is 431 g/mol. The SMILES string of the molecule is O=C(Nc1ccccc1-c1nc2ccccc2[nH]1)C1CC(=O)N(c2cccc(Cl)c2)C1. The number of fused-ring (bicyclic) bond motifs is 1. The zero-order valence-corrected chi connectivity index (χ0v) is 17.3. The molecule has 4 aromatic rings. The second-order valence-electron chi connectivity index (χ2n) is 7.52. The fourth-order valence-electron chi connectivity index (χ4n) is 3.89. The van der Waals surface area contributed by atoms with Crippen LogP contribution < -0.4 is 10.2 Å². The summed E-state index contributed by atoms with van der Waals surface area (Å²) in [7, 11) is 0. The second kappa shape index (κ2) is 7.89. The number of hydrogen-bond donors (Lipinski definition) is 2. The van der Waals surface area contributed by atoms with Gasteiger partial charge in [-0.3, -0.25) is 9.59 Å². The number of aromatic nitrogens is 2. The summed E-state index contributed by atoms with van der Waals surface area (Å²) in [5.74, 6) is -0.0511. The van der Waals surface area contributed by atoms with Crippen LogP contribution in [0, 0.1) is 5.92 Å². The molecular weight excluding hydrogens is 412 g/mol. The highest BCUT2D eigenvalue weighted by molar-refractivity contribution is 6.31. The second-order valence-corrected chi connectivity index (χ2v) is 7.96. The summed E-state index contributed by atoms with van der Waals surface area (Å²) in [4.78, 5) is 35.1. The van der Waals surface area contributed by atoms with Gasteiger partial charge in [-0.1, -0.05) is 41.9 Å². The number of anilines is 2. The minimum atomic E-state index is -0.449. The molecule has 2 amide bonds. The van der Waals surface area contributed by atoms with Crippen LogP contribution in [0.2, 0.25) is 5.02 Å². The first kappa shape index (κ1) is 19.3. The summed E-state index contributed by atoms with van der Waals surface area (Å²) in [6.07, 6.45) is 0.158. The molecule has 2 N–H and O–H groups in total. The minimum absolute atomic E-state index is 0.0898. The largest absolute Gasteiger partial charge is 0.338 e. The third-order valence-electron chi connectivity index (χ3n) is 5.45. The number of amides is 2. The van der Waals surface area contributed by atoms with E-state index in [9.17, 15) is 9.59 Å². The van der Waals surface area contributed by atoms with Gasteiger partial charge in [0, 0.05) is 29.2 Å². The minimum Gasteiger partial charge on any atom is -0.338 e. The van der Waals surface area contributed by atoms with Gasteiger partial charge in [0.2, 0.25) is 11.8 Å². The van der Waals surface area contributed by atoms with Gasteiger partial charge in [0.05, 0.1) is 22.6 Å². The topological polar surface area (TPSA) is 78.1 Å². The molecule has 31 heavy (non-hydrogen) atoms. The van der Waals surface area contributed by atoms with Crippen molar-refractivity contribution < 1.29 is 9.59 Å². The van der Waals surface area contributed by atoms with Crippen molar-refractivity contribution in [1.82, 2.24) is 9.97 Å². The van der Waals surface area contributed by atoms with Crippen LogP contribution in [0.15, 0.2) is 72.8 Å². The van der Waals surface area contributed by atoms with Crippen molar-refractivity contribution in [2.24, 2.45) is 5.92 Å². The lowest BCUT2D eigenvalue weighted by molar-refractivity contribution is -0.122. The van der Waals surface area contributed by atoms with Gasteiger partial charge in [0.1, 0.15) is 5.82 Å². The molecule has 5 rings (SSSR count). The molecule has 0 saturated carbocycles. The van der Waals surface area contributed by atoms with Crippen molar-refractivity contribution in [2.45, 2.75) is 6.42 Å². The van der Waals surface area contributed by atoms with Crippen LogP contribution >= 0.6 is 11.6 Å². The maximum absolute atomic E-state index is 13.0. The van der Waals surface area contributed by atoms with Crippen LogP contribution in [-0.4, -0.2) is 28.3 Å². The summed E-state index contributed by atoms with van der Waals surface area (Å²) in [6, 6.07) is 22.4. The molecule has 1 aliphatic heterocycles. The van der Waals surface area contributed by atoms with E-state index < -0.39 is 5.92 Å². The smallest absolute Gasteiger partial charge is 0.229 e. The Hall–Kier alpha value is -3.64. The quantitative estimate of drug-likeness (QED) is 0.484. The molecule has 2 heterocycles. The number of hydrogen-bond acceptors (Lipinski definition) is 3. The highest BCUT2D eigenvalue weighted by atomic mass is 35.5. The maximum Gasteiger partial charge on any atom is 0.229 e. The number of para-hydroxylation sites is 3. The Bertz CT molecular complexity index is 1270. The van der Waals surface area contributed by atoms with Gasteiger partial charge in [0.25, 0.3) is 0 Å². The number of halogens is 1. The summed E-state index contributed by atoms with van der Waals surface area (Å²) in [6.45, 7) is 0.317. The molecule has 1 saturated heterocycles. The zero-order valence-electron chi connectivity index (χ0n) is 16.5. The molecule has 0 aliphatic carbocycles. The molecule has 1 fully saturated rings. The molecule has 1 aliphatic rings. The molecule has 7 heteroatoms. The number of imidazole rings is 1. The Labute approximate surface area is 183 Å². The van der Waals surface area contributed by atoms with Crippen LogP contribution in [0.1, 0.15) is 6.42 Å². The van der Waals surface area contributed by atoms with E-state index in [4.69, 9.17) is 11.6 Å². The van der Waals surface area contributed by atoms with Crippen molar-refractivity contribution in [2.75, 3.05) is 16.8 Å². The molecule has 6 nitrogen and oxygen atoms in total. The fraction of sp³-hybridized carbons (Fsp3) is 0.125. The molecule has 1 unspecified atom stereocenters. The van der Waals surface area contributed by atoms with Crippen molar-refractivity contribution in [3.63, 3.8) is 0 Å². The van der Waals surface area contributed by atoms with E-state index in [2.05, 4.69) is 15.3 Å². The van der Waals surface area contributed by atoms with Crippen LogP contribution in [-0.2, 0) is 9.59 Å². The Morgan fingerprint density at radius 2 is 1.87 bits per heavy atom. The molecule has 0 radical (unpaired) electrons. The number of carbonyl (C=O) groups excluding carboxylic acids is 2. The summed E-state index contributed by atoms with van der Waals surface area (Å²) < 4.78 is 0. The highest BCUT2D eigenvalue weighted by Crippen LogP contribution is 2.30. The summed E-state index contributed by atoms with van der Waals surface area (Å²) in [5.41, 5.74) is 3.94. The van der Waals surface area contributed by atoms with E-state index in [0.29, 0.717) is 28.8 Å². The molecule has 1 aromatic heterocycles. The Morgan fingerprint density at radius 1 is 1.06 bits per heavy atom. The van der Waals surface area contributed by atoms with E-state index in [-0.39, 0.29) is 18.2 Å². The molecule has 0 bridgehead atoms. The Kier molecular flexibility index (Phi) is 4.92. The zero-order chi connectivity index (χ0) is 21.4. The Morgan fingerprint density at radius 3 is 2.71 bits per heavy atom. The lowest BCUT2D eigenvalue weighted by Crippen LogP contribution is -2.28. The lowest BCUT2D eigenvalue weighted by Gasteiger charge is -2.17. The predicted octanol–water partition coefficient (Wildman–Crippen LogP) is 4.87. The molecule has 3 aromatic carbocycles. The first-order chi connectivity index (χ1) is 15.1. The number of rotatable bonds is 4. The van der Waals surface area contributed by atoms with Crippen molar-refractivity contribution in [3.8, 4) is 11.4 Å². The van der Waals surface area contributed by atoms with E-state index >= 15 is 0 Å². The van der Waals surface area contributed by atoms with E-state index in [1.807, 2.05) is 54.6 Å². The third kappa shape index (κ3) is 3.78. The van der Waals surface area contributed by atoms with Gasteiger partial charge in [-0.2, -0.15) is 0 Å². The van der Waals surface area contributed by atoms with Crippen molar-refractivity contribution >= 4 is 45.8 Å². The predicted molar refractivity (Wildman–Crippen MR) is 122 cm³/mol. The number of carbonyl (C=O) groups is 2. The summed E-state index contributed by atoms with van der Waals surface area (Å²) >= 11 is 6.06. The standard InChI is InChI=1S/C24H19ClN4O2/c25-16-6-5-7-17(13-16)29-14-15(12-22(29)30)24(31)28-19-9-2-1-8-18(19)23-26-20-10-3-4-11-21(20)27-23/h1-11,13,15H,12,14H2,(H,26,27)(H,28,31). The van der Waals surface area contributed by atoms with Gasteiger partial charge in [-0.05, 0) is 42.5 Å². The highest BCUT2D eigenvalue weighted by Gasteiger charge is 2.35. The fourth-order valence-corrected chi connectivity index (χ4v) is 4.08. The number of benzene rings is 3. The molecule has 0 spiro atoms. The van der Waals surface area contributed by atoms with E-state index in [1.165, 1.54) is 0 Å². The van der Waals surface area contributed by atoms with Crippen molar-refractivity contribution in [3.05, 3.63) is 77.8 Å². The number of nitrogens with one attached hydrogen (secondary N) is 2. The average Bonchev–Trinajstić information content (AvgIpc) is 3.38. The van der Waals surface area contributed by atoms with Gasteiger partial charge < -0.3 is 15.2 Å². The van der Waals surface area contributed by atoms with Crippen LogP contribution in [0.5, 0.6) is 0 Å². The number of aromatic amines is 1. The first-order valence-corrected chi connectivity index (χ1v) is 10.4. The van der Waals surface area contributed by atoms with Crippen LogP contribution in [0.25, 0.3) is 22.4 Å². The van der Waals surface area contributed by atoms with Crippen LogP contribution in [0.4, 0.5) is 11.4 Å². The lowest BCUT2D eigenvalue weighted by atomic mass is 10.1. The molecule has 154 valence electrons. The Balaban J connectivity index is 1.37. The summed E-state index contributed by atoms with van der Waals surface area (Å²) in [5, 5.41) is 3.55. The van der Waals surface area contributed by atoms with Gasteiger partial charge in [-0.25, -0.2) is 4.98 Å². The molecular formula is C24H19ClN4O2. The van der Waals surface area contributed by atoms with Gasteiger partial charge in [-0.15, -0.1) is 0 Å². The normalized spacial score (nSPS) is 16.1. The van der Waals surface area contributed by atoms with E-state index in [1.54, 1.807) is 23.1 Å².